The molecule has 35 heavy (non-hydrogen) atoms. The lowest BCUT2D eigenvalue weighted by Gasteiger charge is -2.38. The van der Waals surface area contributed by atoms with Crippen molar-refractivity contribution >= 4 is 44.7 Å². The number of nitrogens with zero attached hydrogens (tertiary/aromatic N) is 5. The molecular formula is C26H30N6O2S. The van der Waals surface area contributed by atoms with Crippen LogP contribution in [0.3, 0.4) is 0 Å². The van der Waals surface area contributed by atoms with E-state index in [1.165, 1.54) is 0 Å². The van der Waals surface area contributed by atoms with Crippen molar-refractivity contribution in [3.63, 3.8) is 0 Å². The zero-order chi connectivity index (χ0) is 24.5. The zero-order valence-corrected chi connectivity index (χ0v) is 21.1. The first-order valence-corrected chi connectivity index (χ1v) is 12.8. The van der Waals surface area contributed by atoms with E-state index < -0.39 is 11.8 Å². The molecule has 4 heterocycles. The van der Waals surface area contributed by atoms with Crippen molar-refractivity contribution in [2.75, 3.05) is 32.5 Å². The van der Waals surface area contributed by atoms with E-state index >= 15 is 0 Å². The summed E-state index contributed by atoms with van der Waals surface area (Å²) in [6, 6.07) is 9.65. The Morgan fingerprint density at radius 1 is 1.17 bits per heavy atom. The molecule has 0 unspecified atom stereocenters. The Kier molecular flexibility index (Phi) is 6.53. The summed E-state index contributed by atoms with van der Waals surface area (Å²) >= 11 is 1.72. The molecule has 1 aromatic carbocycles. The molecule has 1 N–H and O–H groups in total. The number of pyridine rings is 1. The van der Waals surface area contributed by atoms with Gasteiger partial charge in [0.2, 0.25) is 0 Å². The van der Waals surface area contributed by atoms with Gasteiger partial charge in [0.1, 0.15) is 5.65 Å². The van der Waals surface area contributed by atoms with Crippen LogP contribution in [0.25, 0.3) is 15.9 Å². The highest BCUT2D eigenvalue weighted by Crippen LogP contribution is 2.35. The number of hydrogen-bond acceptors (Lipinski definition) is 6. The Balaban J connectivity index is 1.36. The van der Waals surface area contributed by atoms with Crippen LogP contribution in [0.5, 0.6) is 0 Å². The van der Waals surface area contributed by atoms with Crippen LogP contribution >= 0.6 is 11.3 Å². The second-order valence-electron chi connectivity index (χ2n) is 9.61. The average Bonchev–Trinajstić information content (AvgIpc) is 3.47. The topological polar surface area (TPSA) is 82.8 Å². The first kappa shape index (κ1) is 23.4. The number of amides is 2. The minimum atomic E-state index is -0.624. The molecule has 2 amide bonds. The lowest BCUT2D eigenvalue weighted by atomic mass is 9.89. The summed E-state index contributed by atoms with van der Waals surface area (Å²) in [5.41, 5.74) is 3.26. The monoisotopic (exact) mass is 490 g/mol. The molecule has 0 saturated carbocycles. The van der Waals surface area contributed by atoms with E-state index in [2.05, 4.69) is 54.4 Å². The van der Waals surface area contributed by atoms with E-state index in [9.17, 15) is 9.59 Å². The molecule has 5 rings (SSSR count). The molecule has 2 atom stereocenters. The predicted octanol–water partition coefficient (Wildman–Crippen LogP) is 3.99. The minimum absolute atomic E-state index is 0.143. The average molecular weight is 491 g/mol. The summed E-state index contributed by atoms with van der Waals surface area (Å²) in [4.78, 5) is 39.3. The highest BCUT2D eigenvalue weighted by Gasteiger charge is 2.34. The third kappa shape index (κ3) is 5.06. The number of nitrogens with one attached hydrogen (secondary N) is 1. The maximum Gasteiger partial charge on any atom is 0.313 e. The third-order valence-corrected chi connectivity index (χ3v) is 7.64. The second kappa shape index (κ2) is 9.75. The van der Waals surface area contributed by atoms with Crippen LogP contribution in [0.1, 0.15) is 36.4 Å². The normalized spacial score (nSPS) is 18.5. The molecule has 9 heteroatoms. The summed E-state index contributed by atoms with van der Waals surface area (Å²) in [6.07, 6.45) is 8.08. The number of fused-ring (bicyclic) bond motifs is 2. The van der Waals surface area contributed by atoms with Crippen LogP contribution in [-0.4, -0.2) is 63.2 Å². The maximum atomic E-state index is 13.3. The molecule has 1 saturated heterocycles. The van der Waals surface area contributed by atoms with Crippen LogP contribution in [0, 0.1) is 5.92 Å². The summed E-state index contributed by atoms with van der Waals surface area (Å²) in [5.74, 6) is -0.791. The van der Waals surface area contributed by atoms with Gasteiger partial charge >= 0.3 is 11.8 Å². The van der Waals surface area contributed by atoms with Crippen molar-refractivity contribution in [3.05, 3.63) is 59.5 Å². The number of thiazole rings is 1. The lowest BCUT2D eigenvalue weighted by molar-refractivity contribution is -0.146. The molecule has 0 radical (unpaired) electrons. The largest absolute Gasteiger partial charge is 0.327 e. The van der Waals surface area contributed by atoms with Gasteiger partial charge in [0.15, 0.2) is 0 Å². The number of likely N-dealkylation sites (N-methyl/N-ethyl adjacent to an activating group) is 1. The number of benzene rings is 1. The van der Waals surface area contributed by atoms with E-state index in [-0.39, 0.29) is 6.04 Å². The highest BCUT2D eigenvalue weighted by molar-refractivity contribution is 7.18. The second-order valence-corrected chi connectivity index (χ2v) is 10.7. The first-order valence-electron chi connectivity index (χ1n) is 12.0. The fourth-order valence-electron chi connectivity index (χ4n) is 4.65. The van der Waals surface area contributed by atoms with Crippen molar-refractivity contribution in [3.8, 4) is 0 Å². The number of hydrogen-bond donors (Lipinski definition) is 1. The first-order chi connectivity index (χ1) is 16.9. The summed E-state index contributed by atoms with van der Waals surface area (Å²) in [6.45, 7) is 3.64. The molecule has 8 nitrogen and oxygen atoms in total. The Morgan fingerprint density at radius 2 is 2.03 bits per heavy atom. The molecule has 182 valence electrons. The highest BCUT2D eigenvalue weighted by atomic mass is 32.1. The van der Waals surface area contributed by atoms with Crippen LogP contribution in [0.4, 0.5) is 5.69 Å². The van der Waals surface area contributed by atoms with Gasteiger partial charge in [0.25, 0.3) is 0 Å². The summed E-state index contributed by atoms with van der Waals surface area (Å²) in [5, 5.41) is 3.88. The van der Waals surface area contributed by atoms with Crippen molar-refractivity contribution in [2.24, 2.45) is 5.92 Å². The van der Waals surface area contributed by atoms with Gasteiger partial charge in [-0.1, -0.05) is 13.0 Å². The van der Waals surface area contributed by atoms with E-state index in [4.69, 9.17) is 4.98 Å². The molecular weight excluding hydrogens is 460 g/mol. The van der Waals surface area contributed by atoms with E-state index in [0.29, 0.717) is 23.8 Å². The Morgan fingerprint density at radius 3 is 2.86 bits per heavy atom. The van der Waals surface area contributed by atoms with Crippen LogP contribution < -0.4 is 5.32 Å². The molecule has 1 aliphatic rings. The molecule has 0 spiro atoms. The molecule has 3 aromatic heterocycles. The number of carbonyl (C=O) groups excluding carboxylic acids is 2. The summed E-state index contributed by atoms with van der Waals surface area (Å²) in [7, 11) is 4.13. The van der Waals surface area contributed by atoms with Crippen LogP contribution in [-0.2, 0) is 16.0 Å². The van der Waals surface area contributed by atoms with Crippen molar-refractivity contribution in [2.45, 2.75) is 32.2 Å². The lowest BCUT2D eigenvalue weighted by Crippen LogP contribution is -2.46. The van der Waals surface area contributed by atoms with Gasteiger partial charge in [-0.15, -0.1) is 11.3 Å². The number of likely N-dealkylation sites (tertiary alicyclic amines) is 1. The number of piperidine rings is 1. The number of anilines is 1. The quantitative estimate of drug-likeness (QED) is 0.428. The van der Waals surface area contributed by atoms with Crippen molar-refractivity contribution in [1.82, 2.24) is 24.2 Å². The third-order valence-electron chi connectivity index (χ3n) is 6.54. The molecule has 0 aliphatic carbocycles. The molecule has 1 fully saturated rings. The fraction of sp³-hybridized carbons (Fsp3) is 0.385. The smallest absolute Gasteiger partial charge is 0.313 e. The van der Waals surface area contributed by atoms with Crippen LogP contribution in [0.15, 0.2) is 48.9 Å². The van der Waals surface area contributed by atoms with Gasteiger partial charge < -0.3 is 19.5 Å². The van der Waals surface area contributed by atoms with E-state index in [1.54, 1.807) is 34.6 Å². The van der Waals surface area contributed by atoms with Gasteiger partial charge in [-0.25, -0.2) is 9.97 Å². The Hall–Kier alpha value is -3.30. The molecule has 1 aliphatic heterocycles. The van der Waals surface area contributed by atoms with Gasteiger partial charge in [0, 0.05) is 49.9 Å². The van der Waals surface area contributed by atoms with Gasteiger partial charge in [-0.05, 0) is 56.6 Å². The van der Waals surface area contributed by atoms with Gasteiger partial charge in [-0.3, -0.25) is 9.59 Å². The van der Waals surface area contributed by atoms with Crippen molar-refractivity contribution < 1.29 is 9.59 Å². The fourth-order valence-corrected chi connectivity index (χ4v) is 5.59. The number of aromatic nitrogens is 3. The SMILES string of the molecule is C[C@@H]1CC[C@@H](c2ccc3sc(CCN(C)C)nc3c2)N(C(=O)C(=O)Nc2ccn3ccnc3c2)C1. The Labute approximate surface area is 208 Å². The van der Waals surface area contributed by atoms with Crippen LogP contribution in [0.2, 0.25) is 0 Å². The van der Waals surface area contributed by atoms with Gasteiger partial charge in [0.05, 0.1) is 21.3 Å². The van der Waals surface area contributed by atoms with Gasteiger partial charge in [-0.2, -0.15) is 0 Å². The Bertz CT molecular complexity index is 1380. The summed E-state index contributed by atoms with van der Waals surface area (Å²) < 4.78 is 3.00. The molecule has 0 bridgehead atoms. The molecule has 4 aromatic rings. The standard InChI is InChI=1S/C26H30N6O2S/c1-17-4-6-21(18-5-7-22-20(14-18)29-24(35-22)9-11-30(2)3)32(16-17)26(34)25(33)28-19-8-12-31-13-10-27-23(31)15-19/h5,7-8,10,12-15,17,21H,4,6,9,11,16H2,1-3H3,(H,28,33)/t17-,21+/m1/s1. The van der Waals surface area contributed by atoms with E-state index in [1.807, 2.05) is 16.8 Å². The number of rotatable bonds is 5. The van der Waals surface area contributed by atoms with E-state index in [0.717, 1.165) is 46.6 Å². The predicted molar refractivity (Wildman–Crippen MR) is 139 cm³/mol. The maximum absolute atomic E-state index is 13.3. The number of carbonyl (C=O) groups is 2. The minimum Gasteiger partial charge on any atom is -0.327 e. The van der Waals surface area contributed by atoms with Crippen molar-refractivity contribution in [1.29, 1.82) is 0 Å². The number of imidazole rings is 1. The zero-order valence-electron chi connectivity index (χ0n) is 20.3.